The minimum Gasteiger partial charge on any atom is -0.462 e. The van der Waals surface area contributed by atoms with E-state index in [-0.39, 0.29) is 29.5 Å². The zero-order valence-corrected chi connectivity index (χ0v) is 23.2. The number of ether oxygens (including phenoxy) is 2. The molecular weight excluding hydrogens is 550 g/mol. The van der Waals surface area contributed by atoms with Crippen molar-refractivity contribution in [3.05, 3.63) is 36.4 Å². The molecule has 3 aromatic rings. The zero-order valence-electron chi connectivity index (χ0n) is 22.3. The summed E-state index contributed by atoms with van der Waals surface area (Å²) in [6.45, 7) is 5.12. The summed E-state index contributed by atoms with van der Waals surface area (Å²) >= 11 is 0. The number of hydrogen-bond acceptors (Lipinski definition) is 13. The first-order valence-electron chi connectivity index (χ1n) is 12.3. The lowest BCUT2D eigenvalue weighted by molar-refractivity contribution is -0.149. The van der Waals surface area contributed by atoms with E-state index in [2.05, 4.69) is 25.0 Å². The highest BCUT2D eigenvalue weighted by molar-refractivity contribution is 7.51. The highest BCUT2D eigenvalue weighted by atomic mass is 31.2. The van der Waals surface area contributed by atoms with Crippen molar-refractivity contribution in [3.63, 3.8) is 0 Å². The van der Waals surface area contributed by atoms with Crippen LogP contribution in [0.2, 0.25) is 0 Å². The van der Waals surface area contributed by atoms with E-state index in [1.165, 1.54) is 24.0 Å². The molecule has 0 aliphatic carbocycles. The van der Waals surface area contributed by atoms with E-state index in [4.69, 9.17) is 30.0 Å². The quantitative estimate of drug-likeness (QED) is 0.187. The van der Waals surface area contributed by atoms with Crippen LogP contribution in [-0.4, -0.2) is 72.2 Å². The molecule has 0 amide bonds. The maximum absolute atomic E-state index is 15.9. The molecule has 17 heteroatoms. The van der Waals surface area contributed by atoms with Gasteiger partial charge >= 0.3 is 13.7 Å². The molecule has 1 fully saturated rings. The van der Waals surface area contributed by atoms with Crippen molar-refractivity contribution in [2.75, 3.05) is 18.1 Å². The van der Waals surface area contributed by atoms with Crippen LogP contribution < -0.4 is 16.6 Å². The molecule has 1 saturated heterocycles. The summed E-state index contributed by atoms with van der Waals surface area (Å²) < 4.78 is 52.9. The Balaban J connectivity index is 1.53. The van der Waals surface area contributed by atoms with E-state index in [1.807, 2.05) is 0 Å². The van der Waals surface area contributed by atoms with E-state index in [1.54, 1.807) is 32.2 Å². The number of nitrogens with two attached hydrogens (primary N) is 2. The third-order valence-electron chi connectivity index (χ3n) is 6.03. The number of imidazole rings is 1. The van der Waals surface area contributed by atoms with Crippen molar-refractivity contribution in [1.29, 1.82) is 0 Å². The van der Waals surface area contributed by atoms with Gasteiger partial charge in [-0.3, -0.25) is 23.4 Å². The summed E-state index contributed by atoms with van der Waals surface area (Å²) in [5, 5.41) is 13.3. The Bertz CT molecular complexity index is 1390. The maximum Gasteiger partial charge on any atom is 0.406 e. The zero-order chi connectivity index (χ0) is 29.2. The molecule has 0 spiro atoms. The number of aliphatic hydroxyl groups is 1. The number of carbonyl (C=O) groups excluding carboxylic acids is 1. The summed E-state index contributed by atoms with van der Waals surface area (Å²) in [7, 11) is -4.26. The molecule has 6 N–H and O–H groups in total. The van der Waals surface area contributed by atoms with Crippen LogP contribution in [0.25, 0.3) is 11.2 Å². The van der Waals surface area contributed by atoms with E-state index in [9.17, 15) is 14.5 Å². The molecule has 3 aromatic heterocycles. The van der Waals surface area contributed by atoms with Crippen LogP contribution in [0, 0.1) is 0 Å². The van der Waals surface area contributed by atoms with Gasteiger partial charge in [-0.15, -0.1) is 0 Å². The van der Waals surface area contributed by atoms with Crippen LogP contribution in [0.4, 0.5) is 16.2 Å². The second-order valence-electron chi connectivity index (χ2n) is 9.68. The minimum absolute atomic E-state index is 0.0110. The SMILES string of the molecule is CC(C)OC(=O)[C@H](C)NP(=O)(OCc1cccnc1)OC[C@H]1O[C@@H](n2cnc3c(N)nc(N)nc32)[C@@](C)(F)[C@H]1O. The smallest absolute Gasteiger partial charge is 0.406 e. The number of nitrogens with zero attached hydrogens (tertiary/aromatic N) is 5. The van der Waals surface area contributed by atoms with Crippen LogP contribution in [0.15, 0.2) is 30.9 Å². The van der Waals surface area contributed by atoms with Gasteiger partial charge in [-0.25, -0.2) is 19.0 Å². The number of halogens is 1. The van der Waals surface area contributed by atoms with Crippen LogP contribution in [-0.2, 0) is 34.5 Å². The van der Waals surface area contributed by atoms with Crippen molar-refractivity contribution in [2.24, 2.45) is 0 Å². The molecule has 4 heterocycles. The van der Waals surface area contributed by atoms with Crippen molar-refractivity contribution in [3.8, 4) is 0 Å². The molecule has 6 atom stereocenters. The summed E-state index contributed by atoms with van der Waals surface area (Å²) in [6.07, 6.45) is -0.598. The second-order valence-corrected chi connectivity index (χ2v) is 11.4. The lowest BCUT2D eigenvalue weighted by Gasteiger charge is -2.25. The third kappa shape index (κ3) is 6.37. The first-order valence-corrected chi connectivity index (χ1v) is 13.9. The van der Waals surface area contributed by atoms with Crippen molar-refractivity contribution in [1.82, 2.24) is 29.6 Å². The number of fused-ring (bicyclic) bond motifs is 1. The highest BCUT2D eigenvalue weighted by Crippen LogP contribution is 2.48. The molecule has 1 aliphatic rings. The molecule has 40 heavy (non-hydrogen) atoms. The van der Waals surface area contributed by atoms with Crippen molar-refractivity contribution in [2.45, 2.75) is 70.6 Å². The first kappa shape index (κ1) is 29.7. The standard InChI is InChI=1S/C23H32FN8O7P/c1-12(2)38-20(34)13(3)31-40(35,36-9-14-6-5-7-27-8-14)37-10-15-17(33)23(4,24)21(39-15)32-11-28-16-18(25)29-22(26)30-19(16)32/h5-8,11-13,15,17,21,33H,9-10H2,1-4H3,(H,31,35)(H4,25,26,29,30)/t13-,15+,17-,21+,23-,40?/m0/s1. The molecule has 0 aromatic carbocycles. The molecule has 0 radical (unpaired) electrons. The average Bonchev–Trinajstić information content (AvgIpc) is 3.40. The number of rotatable bonds is 11. The number of alkyl halides is 1. The predicted molar refractivity (Wildman–Crippen MR) is 140 cm³/mol. The van der Waals surface area contributed by atoms with Crippen LogP contribution >= 0.6 is 7.75 Å². The fraction of sp³-hybridized carbons (Fsp3) is 0.522. The number of carbonyl (C=O) groups is 1. The van der Waals surface area contributed by atoms with Crippen molar-refractivity contribution < 1.29 is 37.4 Å². The molecule has 218 valence electrons. The Morgan fingerprint density at radius 1 is 1.32 bits per heavy atom. The fourth-order valence-corrected chi connectivity index (χ4v) is 5.49. The minimum atomic E-state index is -4.26. The Kier molecular flexibility index (Phi) is 8.68. The summed E-state index contributed by atoms with van der Waals surface area (Å²) in [5.41, 5.74) is 10.00. The van der Waals surface area contributed by atoms with Gasteiger partial charge in [0.05, 0.1) is 25.6 Å². The van der Waals surface area contributed by atoms with Gasteiger partial charge in [0, 0.05) is 12.4 Å². The van der Waals surface area contributed by atoms with Gasteiger partial charge in [0.1, 0.15) is 23.8 Å². The number of pyridine rings is 1. The van der Waals surface area contributed by atoms with E-state index >= 15 is 4.39 Å². The maximum atomic E-state index is 15.9. The first-order chi connectivity index (χ1) is 18.8. The largest absolute Gasteiger partial charge is 0.462 e. The van der Waals surface area contributed by atoms with Gasteiger partial charge in [0.2, 0.25) is 5.95 Å². The molecule has 1 aliphatic heterocycles. The van der Waals surface area contributed by atoms with Gasteiger partial charge in [0.15, 0.2) is 23.4 Å². The number of nitrogens with one attached hydrogen (secondary N) is 1. The normalized spacial score (nSPS) is 25.2. The summed E-state index contributed by atoms with van der Waals surface area (Å²) in [4.78, 5) is 28.3. The second kappa shape index (κ2) is 11.7. The van der Waals surface area contributed by atoms with Crippen LogP contribution in [0.1, 0.15) is 39.5 Å². The van der Waals surface area contributed by atoms with Gasteiger partial charge in [-0.1, -0.05) is 6.07 Å². The lowest BCUT2D eigenvalue weighted by atomic mass is 9.98. The molecule has 15 nitrogen and oxygen atoms in total. The Morgan fingerprint density at radius 2 is 2.08 bits per heavy atom. The Labute approximate surface area is 229 Å². The summed E-state index contributed by atoms with van der Waals surface area (Å²) in [6, 6.07) is 2.26. The average molecular weight is 583 g/mol. The Morgan fingerprint density at radius 3 is 2.75 bits per heavy atom. The van der Waals surface area contributed by atoms with Gasteiger partial charge in [-0.2, -0.15) is 9.97 Å². The fourth-order valence-electron chi connectivity index (χ4n) is 4.03. The molecular formula is C23H32FN8O7P. The van der Waals surface area contributed by atoms with Gasteiger partial charge < -0.3 is 26.0 Å². The van der Waals surface area contributed by atoms with Gasteiger partial charge in [-0.05, 0) is 39.3 Å². The predicted octanol–water partition coefficient (Wildman–Crippen LogP) is 1.64. The Hall–Kier alpha value is -3.27. The van der Waals surface area contributed by atoms with E-state index in [0.29, 0.717) is 5.56 Å². The molecule has 4 rings (SSSR count). The van der Waals surface area contributed by atoms with Crippen molar-refractivity contribution >= 4 is 36.6 Å². The number of aliphatic hydroxyl groups excluding tert-OH is 1. The lowest BCUT2D eigenvalue weighted by Crippen LogP contribution is -2.41. The van der Waals surface area contributed by atoms with E-state index < -0.39 is 56.6 Å². The number of anilines is 2. The van der Waals surface area contributed by atoms with E-state index in [0.717, 1.165) is 6.92 Å². The highest BCUT2D eigenvalue weighted by Gasteiger charge is 2.56. The number of hydrogen-bond donors (Lipinski definition) is 4. The topological polar surface area (TPSA) is 212 Å². The number of aromatic nitrogens is 5. The number of esters is 1. The van der Waals surface area contributed by atoms with Crippen LogP contribution in [0.3, 0.4) is 0 Å². The van der Waals surface area contributed by atoms with Gasteiger partial charge in [0.25, 0.3) is 0 Å². The van der Waals surface area contributed by atoms with Crippen LogP contribution in [0.5, 0.6) is 0 Å². The summed E-state index contributed by atoms with van der Waals surface area (Å²) in [5.74, 6) is -0.860. The molecule has 0 saturated carbocycles. The molecule has 0 bridgehead atoms. The third-order valence-corrected chi connectivity index (χ3v) is 7.69. The number of nitrogen functional groups attached to an aromatic ring is 2. The monoisotopic (exact) mass is 582 g/mol. The molecule has 1 unspecified atom stereocenters.